The van der Waals surface area contributed by atoms with Crippen LogP contribution in [0.5, 0.6) is 0 Å². The minimum Gasteiger partial charge on any atom is -0.465 e. The maximum atomic E-state index is 11.6. The fourth-order valence-corrected chi connectivity index (χ4v) is 4.49. The van der Waals surface area contributed by atoms with Gasteiger partial charge in [0.25, 0.3) is 0 Å². The van der Waals surface area contributed by atoms with E-state index in [0.717, 1.165) is 22.8 Å². The van der Waals surface area contributed by atoms with Gasteiger partial charge in [-0.3, -0.25) is 0 Å². The zero-order chi connectivity index (χ0) is 10.8. The van der Waals surface area contributed by atoms with Crippen LogP contribution >= 0.6 is 23.5 Å². The summed E-state index contributed by atoms with van der Waals surface area (Å²) < 4.78 is 5.15. The second kappa shape index (κ2) is 4.53. The molecule has 0 radical (unpaired) electrons. The van der Waals surface area contributed by atoms with Crippen LogP contribution in [0.2, 0.25) is 0 Å². The molecule has 2 rings (SSSR count). The molecule has 5 heteroatoms. The lowest BCUT2D eigenvalue weighted by Crippen LogP contribution is -2.06. The Bertz CT molecular complexity index is 369. The van der Waals surface area contributed by atoms with Crippen molar-refractivity contribution in [2.24, 2.45) is 0 Å². The highest BCUT2D eigenvalue weighted by molar-refractivity contribution is 8.19. The first-order valence-electron chi connectivity index (χ1n) is 4.73. The van der Waals surface area contributed by atoms with Crippen LogP contribution in [0.25, 0.3) is 0 Å². The van der Waals surface area contributed by atoms with Crippen molar-refractivity contribution in [1.29, 1.82) is 0 Å². The van der Waals surface area contributed by atoms with Crippen LogP contribution in [-0.2, 0) is 4.74 Å². The molecule has 0 aliphatic carbocycles. The number of rotatable bonds is 2. The van der Waals surface area contributed by atoms with Crippen molar-refractivity contribution in [3.8, 4) is 0 Å². The van der Waals surface area contributed by atoms with E-state index < -0.39 is 0 Å². The molecule has 1 N–H and O–H groups in total. The second-order valence-electron chi connectivity index (χ2n) is 3.33. The number of hydrogen-bond donors (Lipinski definition) is 1. The first kappa shape index (κ1) is 11.0. The van der Waals surface area contributed by atoms with Crippen molar-refractivity contribution < 1.29 is 9.53 Å². The third-order valence-corrected chi connectivity index (χ3v) is 5.39. The van der Waals surface area contributed by atoms with Gasteiger partial charge < -0.3 is 9.72 Å². The number of carbonyl (C=O) groups is 1. The molecule has 1 aliphatic heterocycles. The van der Waals surface area contributed by atoms with E-state index in [1.165, 1.54) is 7.11 Å². The normalized spacial score (nSPS) is 16.9. The number of esters is 1. The number of methoxy groups -OCH3 is 1. The molecule has 0 bridgehead atoms. The largest absolute Gasteiger partial charge is 0.465 e. The fourth-order valence-electron chi connectivity index (χ4n) is 1.63. The molecule has 0 aromatic carbocycles. The average molecular weight is 243 g/mol. The number of aromatic nitrogens is 1. The topological polar surface area (TPSA) is 42.1 Å². The lowest BCUT2D eigenvalue weighted by molar-refractivity contribution is 0.0599. The Balaban J connectivity index is 2.34. The Labute approximate surface area is 97.3 Å². The quantitative estimate of drug-likeness (QED) is 0.811. The maximum absolute atomic E-state index is 11.6. The van der Waals surface area contributed by atoms with Gasteiger partial charge in [-0.05, 0) is 12.5 Å². The molecule has 0 atom stereocenters. The number of hydrogen-bond acceptors (Lipinski definition) is 4. The van der Waals surface area contributed by atoms with Crippen LogP contribution in [0.15, 0.2) is 6.20 Å². The molecule has 15 heavy (non-hydrogen) atoms. The smallest absolute Gasteiger partial charge is 0.340 e. The van der Waals surface area contributed by atoms with Crippen LogP contribution < -0.4 is 0 Å². The SMILES string of the molecule is COC(=O)c1c(C)c[nH]c1C1SCCS1. The highest BCUT2D eigenvalue weighted by atomic mass is 32.2. The average Bonchev–Trinajstić information content (AvgIpc) is 2.85. The summed E-state index contributed by atoms with van der Waals surface area (Å²) in [6.45, 7) is 1.93. The van der Waals surface area contributed by atoms with E-state index in [9.17, 15) is 4.79 Å². The number of H-pyrrole nitrogens is 1. The Kier molecular flexibility index (Phi) is 3.31. The summed E-state index contributed by atoms with van der Waals surface area (Å²) in [5, 5.41) is 0. The van der Waals surface area contributed by atoms with E-state index in [1.54, 1.807) is 0 Å². The zero-order valence-corrected chi connectivity index (χ0v) is 10.3. The first-order chi connectivity index (χ1) is 7.24. The minimum absolute atomic E-state index is 0.239. The van der Waals surface area contributed by atoms with Gasteiger partial charge in [-0.25, -0.2) is 4.79 Å². The van der Waals surface area contributed by atoms with E-state index in [1.807, 2.05) is 36.6 Å². The number of nitrogens with one attached hydrogen (secondary N) is 1. The summed E-state index contributed by atoms with van der Waals surface area (Å²) in [7, 11) is 1.42. The highest BCUT2D eigenvalue weighted by Crippen LogP contribution is 2.46. The van der Waals surface area contributed by atoms with Crippen molar-refractivity contribution in [1.82, 2.24) is 4.98 Å². The third-order valence-electron chi connectivity index (χ3n) is 2.35. The van der Waals surface area contributed by atoms with Gasteiger partial charge in [-0.2, -0.15) is 0 Å². The standard InChI is InChI=1S/C10H13NO2S2/c1-6-5-11-8(7(6)9(12)13-2)10-14-3-4-15-10/h5,10-11H,3-4H2,1-2H3. The molecule has 1 aliphatic rings. The summed E-state index contributed by atoms with van der Waals surface area (Å²) in [6.07, 6.45) is 1.88. The highest BCUT2D eigenvalue weighted by Gasteiger charge is 2.26. The van der Waals surface area contributed by atoms with Crippen molar-refractivity contribution in [2.75, 3.05) is 18.6 Å². The van der Waals surface area contributed by atoms with Gasteiger partial charge in [-0.15, -0.1) is 23.5 Å². The molecule has 3 nitrogen and oxygen atoms in total. The van der Waals surface area contributed by atoms with Crippen LogP contribution in [-0.4, -0.2) is 29.6 Å². The van der Waals surface area contributed by atoms with Crippen molar-refractivity contribution in [3.05, 3.63) is 23.0 Å². The number of carbonyl (C=O) groups excluding carboxylic acids is 1. The predicted molar refractivity (Wildman–Crippen MR) is 64.5 cm³/mol. The van der Waals surface area contributed by atoms with Crippen molar-refractivity contribution in [3.63, 3.8) is 0 Å². The predicted octanol–water partition coefficient (Wildman–Crippen LogP) is 2.59. The molecule has 2 heterocycles. The maximum Gasteiger partial charge on any atom is 0.340 e. The van der Waals surface area contributed by atoms with Gasteiger partial charge in [0.2, 0.25) is 0 Å². The van der Waals surface area contributed by atoms with Gasteiger partial charge in [0.05, 0.1) is 22.9 Å². The minimum atomic E-state index is -0.239. The van der Waals surface area contributed by atoms with Gasteiger partial charge in [0.15, 0.2) is 0 Å². The molecule has 1 aromatic rings. The number of aryl methyl sites for hydroxylation is 1. The van der Waals surface area contributed by atoms with E-state index in [-0.39, 0.29) is 5.97 Å². The molecular weight excluding hydrogens is 230 g/mol. The molecule has 1 saturated heterocycles. The zero-order valence-electron chi connectivity index (χ0n) is 8.70. The lowest BCUT2D eigenvalue weighted by atomic mass is 10.2. The number of thioether (sulfide) groups is 2. The van der Waals surface area contributed by atoms with Crippen molar-refractivity contribution in [2.45, 2.75) is 11.5 Å². The second-order valence-corrected chi connectivity index (χ2v) is 6.05. The molecular formula is C10H13NO2S2. The van der Waals surface area contributed by atoms with Crippen LogP contribution in [0, 0.1) is 6.92 Å². The molecule has 1 fully saturated rings. The molecule has 0 spiro atoms. The molecule has 0 amide bonds. The van der Waals surface area contributed by atoms with Crippen molar-refractivity contribution >= 4 is 29.5 Å². The number of aromatic amines is 1. The van der Waals surface area contributed by atoms with E-state index >= 15 is 0 Å². The van der Waals surface area contributed by atoms with Gasteiger partial charge in [0.1, 0.15) is 0 Å². The summed E-state index contributed by atoms with van der Waals surface area (Å²) in [6, 6.07) is 0. The monoisotopic (exact) mass is 243 g/mol. The first-order valence-corrected chi connectivity index (χ1v) is 6.83. The lowest BCUT2D eigenvalue weighted by Gasteiger charge is -2.08. The molecule has 0 unspecified atom stereocenters. The Hall–Kier alpha value is -0.550. The Morgan fingerprint density at radius 2 is 2.20 bits per heavy atom. The number of ether oxygens (including phenoxy) is 1. The van der Waals surface area contributed by atoms with Crippen LogP contribution in [0.3, 0.4) is 0 Å². The summed E-state index contributed by atoms with van der Waals surface area (Å²) in [4.78, 5) is 14.8. The van der Waals surface area contributed by atoms with Crippen LogP contribution in [0.4, 0.5) is 0 Å². The van der Waals surface area contributed by atoms with Gasteiger partial charge in [-0.1, -0.05) is 0 Å². The van der Waals surface area contributed by atoms with E-state index in [0.29, 0.717) is 10.1 Å². The molecule has 0 saturated carbocycles. The summed E-state index contributed by atoms with van der Waals surface area (Å²) >= 11 is 3.75. The van der Waals surface area contributed by atoms with Crippen LogP contribution in [0.1, 0.15) is 26.2 Å². The van der Waals surface area contributed by atoms with Gasteiger partial charge in [0, 0.05) is 17.7 Å². The van der Waals surface area contributed by atoms with E-state index in [4.69, 9.17) is 4.74 Å². The Morgan fingerprint density at radius 1 is 1.53 bits per heavy atom. The van der Waals surface area contributed by atoms with Gasteiger partial charge >= 0.3 is 5.97 Å². The summed E-state index contributed by atoms with van der Waals surface area (Å²) in [5.74, 6) is 2.05. The third kappa shape index (κ3) is 2.03. The molecule has 82 valence electrons. The summed E-state index contributed by atoms with van der Waals surface area (Å²) in [5.41, 5.74) is 2.68. The fraction of sp³-hybridized carbons (Fsp3) is 0.500. The van der Waals surface area contributed by atoms with E-state index in [2.05, 4.69) is 4.98 Å². The Morgan fingerprint density at radius 3 is 2.80 bits per heavy atom. The molecule has 1 aromatic heterocycles.